The second-order valence-corrected chi connectivity index (χ2v) is 6.88. The minimum Gasteiger partial charge on any atom is -0.326 e. The number of anilines is 5. The number of hydrogen-bond donors (Lipinski definition) is 2. The monoisotopic (exact) mass is 374 g/mol. The summed E-state index contributed by atoms with van der Waals surface area (Å²) in [4.78, 5) is 26.5. The third-order valence-corrected chi connectivity index (χ3v) is 4.62. The minimum absolute atomic E-state index is 0.0974. The molecule has 1 aliphatic rings. The Morgan fingerprint density at radius 2 is 1.86 bits per heavy atom. The van der Waals surface area contributed by atoms with Crippen LogP contribution in [0.2, 0.25) is 0 Å². The first kappa shape index (κ1) is 17.9. The topological polar surface area (TPSA) is 83.0 Å². The Bertz CT molecular complexity index is 1000. The predicted octanol–water partition coefficient (Wildman–Crippen LogP) is 3.97. The van der Waals surface area contributed by atoms with Gasteiger partial charge in [-0.2, -0.15) is 4.98 Å². The van der Waals surface area contributed by atoms with Crippen LogP contribution in [-0.4, -0.2) is 27.4 Å². The van der Waals surface area contributed by atoms with Gasteiger partial charge >= 0.3 is 0 Å². The highest BCUT2D eigenvalue weighted by Crippen LogP contribution is 2.32. The molecule has 0 saturated carbocycles. The predicted molar refractivity (Wildman–Crippen MR) is 110 cm³/mol. The van der Waals surface area contributed by atoms with Crippen molar-refractivity contribution in [3.63, 3.8) is 0 Å². The van der Waals surface area contributed by atoms with Crippen LogP contribution in [0.4, 0.5) is 29.0 Å². The van der Waals surface area contributed by atoms with Gasteiger partial charge < -0.3 is 15.5 Å². The number of hydrogen-bond acceptors (Lipinski definition) is 6. The lowest BCUT2D eigenvalue weighted by Crippen LogP contribution is -2.26. The number of nitrogens with zero attached hydrogens (tertiary/aromatic N) is 4. The van der Waals surface area contributed by atoms with Crippen LogP contribution in [0.25, 0.3) is 0 Å². The van der Waals surface area contributed by atoms with E-state index in [2.05, 4.69) is 55.6 Å². The molecule has 7 nitrogen and oxygen atoms in total. The van der Waals surface area contributed by atoms with Crippen molar-refractivity contribution in [3.05, 3.63) is 59.9 Å². The van der Waals surface area contributed by atoms with Crippen LogP contribution in [-0.2, 0) is 11.2 Å². The van der Waals surface area contributed by atoms with E-state index in [1.54, 1.807) is 0 Å². The fourth-order valence-corrected chi connectivity index (χ4v) is 3.38. The zero-order valence-electron chi connectivity index (χ0n) is 15.9. The van der Waals surface area contributed by atoms with E-state index in [0.717, 1.165) is 36.4 Å². The molecule has 7 heteroatoms. The first-order valence-electron chi connectivity index (χ1n) is 9.29. The van der Waals surface area contributed by atoms with E-state index in [1.807, 2.05) is 24.3 Å². The van der Waals surface area contributed by atoms with Crippen molar-refractivity contribution in [3.8, 4) is 0 Å². The van der Waals surface area contributed by atoms with Crippen molar-refractivity contribution in [1.82, 2.24) is 15.0 Å². The average Bonchev–Trinajstić information content (AvgIpc) is 2.68. The quantitative estimate of drug-likeness (QED) is 0.719. The first-order chi connectivity index (χ1) is 13.6. The average molecular weight is 374 g/mol. The molecule has 0 unspecified atom stereocenters. The summed E-state index contributed by atoms with van der Waals surface area (Å²) in [6.45, 7) is 4.48. The second-order valence-electron chi connectivity index (χ2n) is 6.88. The molecule has 1 aromatic heterocycles. The standard InChI is InChI=1S/C21H22N6O/c1-14-5-10-19-16(12-14)4-3-11-27(19)21-23-13-22-20(26-21)25-18-8-6-17(7-9-18)24-15(2)28/h5-10,12-13H,3-4,11H2,1-2H3,(H,24,28)(H,22,23,25,26). The van der Waals surface area contributed by atoms with E-state index >= 15 is 0 Å². The zero-order valence-corrected chi connectivity index (χ0v) is 15.9. The summed E-state index contributed by atoms with van der Waals surface area (Å²) in [6.07, 6.45) is 3.67. The lowest BCUT2D eigenvalue weighted by Gasteiger charge is -2.29. The molecule has 142 valence electrons. The summed E-state index contributed by atoms with van der Waals surface area (Å²) in [5, 5.41) is 5.94. The van der Waals surface area contributed by atoms with Crippen LogP contribution in [0.15, 0.2) is 48.8 Å². The number of carbonyl (C=O) groups is 1. The highest BCUT2D eigenvalue weighted by Gasteiger charge is 2.20. The number of benzene rings is 2. The van der Waals surface area contributed by atoms with Crippen LogP contribution in [0.5, 0.6) is 0 Å². The van der Waals surface area contributed by atoms with Crippen molar-refractivity contribution in [2.75, 3.05) is 22.1 Å². The molecule has 4 rings (SSSR count). The van der Waals surface area contributed by atoms with E-state index in [4.69, 9.17) is 0 Å². The van der Waals surface area contributed by atoms with Gasteiger partial charge in [0, 0.05) is 30.5 Å². The van der Waals surface area contributed by atoms with Crippen molar-refractivity contribution in [2.24, 2.45) is 0 Å². The maximum atomic E-state index is 11.1. The molecule has 1 amide bonds. The molecule has 0 bridgehead atoms. The lowest BCUT2D eigenvalue weighted by atomic mass is 10.00. The third-order valence-electron chi connectivity index (χ3n) is 4.62. The van der Waals surface area contributed by atoms with Crippen molar-refractivity contribution in [2.45, 2.75) is 26.7 Å². The minimum atomic E-state index is -0.0974. The fourth-order valence-electron chi connectivity index (χ4n) is 3.38. The van der Waals surface area contributed by atoms with Gasteiger partial charge in [-0.3, -0.25) is 4.79 Å². The smallest absolute Gasteiger partial charge is 0.234 e. The maximum Gasteiger partial charge on any atom is 0.234 e. The molecule has 0 fully saturated rings. The molecule has 0 aliphatic carbocycles. The Morgan fingerprint density at radius 1 is 1.07 bits per heavy atom. The zero-order chi connectivity index (χ0) is 19.5. The van der Waals surface area contributed by atoms with Crippen LogP contribution >= 0.6 is 0 Å². The molecular formula is C21H22N6O. The molecule has 0 radical (unpaired) electrons. The molecule has 0 atom stereocenters. The van der Waals surface area contributed by atoms with E-state index in [0.29, 0.717) is 11.9 Å². The van der Waals surface area contributed by atoms with E-state index in [9.17, 15) is 4.79 Å². The molecule has 28 heavy (non-hydrogen) atoms. The van der Waals surface area contributed by atoms with E-state index < -0.39 is 0 Å². The molecule has 2 aromatic carbocycles. The van der Waals surface area contributed by atoms with Crippen LogP contribution in [0, 0.1) is 6.92 Å². The van der Waals surface area contributed by atoms with Gasteiger partial charge in [-0.25, -0.2) is 9.97 Å². The molecule has 3 aromatic rings. The maximum absolute atomic E-state index is 11.1. The summed E-state index contributed by atoms with van der Waals surface area (Å²) in [7, 11) is 0. The van der Waals surface area contributed by atoms with Gasteiger partial charge in [-0.15, -0.1) is 0 Å². The number of carbonyl (C=O) groups excluding carboxylic acids is 1. The van der Waals surface area contributed by atoms with E-state index in [1.165, 1.54) is 24.4 Å². The summed E-state index contributed by atoms with van der Waals surface area (Å²) in [5.74, 6) is 1.02. The lowest BCUT2D eigenvalue weighted by molar-refractivity contribution is -0.114. The summed E-state index contributed by atoms with van der Waals surface area (Å²) < 4.78 is 0. The van der Waals surface area contributed by atoms with Gasteiger partial charge in [0.2, 0.25) is 17.8 Å². The highest BCUT2D eigenvalue weighted by atomic mass is 16.1. The van der Waals surface area contributed by atoms with Crippen LogP contribution < -0.4 is 15.5 Å². The van der Waals surface area contributed by atoms with Gasteiger partial charge in [0.1, 0.15) is 6.33 Å². The molecule has 0 spiro atoms. The molecule has 2 N–H and O–H groups in total. The normalized spacial score (nSPS) is 13.0. The molecular weight excluding hydrogens is 352 g/mol. The molecule has 0 saturated heterocycles. The summed E-state index contributed by atoms with van der Waals surface area (Å²) in [6, 6.07) is 13.9. The Labute approximate surface area is 163 Å². The summed E-state index contributed by atoms with van der Waals surface area (Å²) in [5.41, 5.74) is 5.33. The van der Waals surface area contributed by atoms with Gasteiger partial charge in [0.05, 0.1) is 0 Å². The second kappa shape index (κ2) is 7.64. The highest BCUT2D eigenvalue weighted by molar-refractivity contribution is 5.88. The van der Waals surface area contributed by atoms with Gasteiger partial charge in [0.25, 0.3) is 0 Å². The number of nitrogens with one attached hydrogen (secondary N) is 2. The van der Waals surface area contributed by atoms with Gasteiger partial charge in [-0.05, 0) is 55.7 Å². The fraction of sp³-hybridized carbons (Fsp3) is 0.238. The van der Waals surface area contributed by atoms with Crippen LogP contribution in [0.1, 0.15) is 24.5 Å². The van der Waals surface area contributed by atoms with Gasteiger partial charge in [-0.1, -0.05) is 17.7 Å². The Morgan fingerprint density at radius 3 is 2.64 bits per heavy atom. The third kappa shape index (κ3) is 3.93. The van der Waals surface area contributed by atoms with Crippen LogP contribution in [0.3, 0.4) is 0 Å². The largest absolute Gasteiger partial charge is 0.326 e. The Balaban J connectivity index is 1.55. The number of aromatic nitrogens is 3. The van der Waals surface area contributed by atoms with Crippen molar-refractivity contribution >= 4 is 34.9 Å². The molecule has 1 aliphatic heterocycles. The number of rotatable bonds is 4. The Hall–Kier alpha value is -3.48. The summed E-state index contributed by atoms with van der Waals surface area (Å²) >= 11 is 0. The van der Waals surface area contributed by atoms with E-state index in [-0.39, 0.29) is 5.91 Å². The van der Waals surface area contributed by atoms with Crippen molar-refractivity contribution < 1.29 is 4.79 Å². The molecule has 2 heterocycles. The number of aryl methyl sites for hydroxylation is 2. The Kier molecular flexibility index (Phi) is 4.89. The number of fused-ring (bicyclic) bond motifs is 1. The number of amides is 1. The SMILES string of the molecule is CC(=O)Nc1ccc(Nc2ncnc(N3CCCc4cc(C)ccc43)n2)cc1. The van der Waals surface area contributed by atoms with Gasteiger partial charge in [0.15, 0.2) is 0 Å². The first-order valence-corrected chi connectivity index (χ1v) is 9.29. The van der Waals surface area contributed by atoms with Crippen molar-refractivity contribution in [1.29, 1.82) is 0 Å².